The van der Waals surface area contributed by atoms with Crippen LogP contribution in [0.2, 0.25) is 0 Å². The fourth-order valence-corrected chi connectivity index (χ4v) is 1.29. The van der Waals surface area contributed by atoms with Gasteiger partial charge in [-0.25, -0.2) is 8.78 Å². The molecular formula is C10H11F2NO3. The largest absolute Gasteiger partial charge is 0.469 e. The monoisotopic (exact) mass is 231 g/mol. The van der Waals surface area contributed by atoms with Crippen molar-refractivity contribution in [1.29, 1.82) is 0 Å². The quantitative estimate of drug-likeness (QED) is 0.798. The molecule has 0 aliphatic carbocycles. The molecule has 6 heteroatoms. The molecule has 1 heterocycles. The number of halogens is 2. The molecule has 4 nitrogen and oxygen atoms in total. The van der Waals surface area contributed by atoms with Crippen molar-refractivity contribution >= 4 is 5.97 Å². The highest BCUT2D eigenvalue weighted by atomic mass is 19.3. The van der Waals surface area contributed by atoms with E-state index in [1.165, 1.54) is 13.1 Å². The Morgan fingerprint density at radius 1 is 1.56 bits per heavy atom. The number of ether oxygens (including phenoxy) is 1. The zero-order valence-electron chi connectivity index (χ0n) is 8.84. The van der Waals surface area contributed by atoms with Crippen molar-refractivity contribution < 1.29 is 18.3 Å². The van der Waals surface area contributed by atoms with Gasteiger partial charge >= 0.3 is 5.97 Å². The smallest absolute Gasteiger partial charge is 0.310 e. The molecule has 0 radical (unpaired) electrons. The van der Waals surface area contributed by atoms with Gasteiger partial charge in [0.15, 0.2) is 5.43 Å². The van der Waals surface area contributed by atoms with E-state index in [1.54, 1.807) is 0 Å². The topological polar surface area (TPSA) is 59.2 Å². The van der Waals surface area contributed by atoms with Crippen LogP contribution in [0.15, 0.2) is 11.0 Å². The molecule has 0 saturated carbocycles. The number of H-pyrrole nitrogens is 1. The second-order valence-corrected chi connectivity index (χ2v) is 3.25. The van der Waals surface area contributed by atoms with Gasteiger partial charge in [0.25, 0.3) is 6.43 Å². The maximum atomic E-state index is 12.6. The third-order valence-corrected chi connectivity index (χ3v) is 2.17. The number of nitrogens with one attached hydrogen (secondary N) is 1. The SMILES string of the molecule is COC(=O)Cc1c(C(F)F)[nH]cc(C)c1=O. The van der Waals surface area contributed by atoms with Gasteiger partial charge < -0.3 is 9.72 Å². The number of aromatic amines is 1. The first-order chi connectivity index (χ1) is 7.47. The summed E-state index contributed by atoms with van der Waals surface area (Å²) in [5.41, 5.74) is -1.04. The lowest BCUT2D eigenvalue weighted by atomic mass is 10.1. The van der Waals surface area contributed by atoms with Crippen LogP contribution < -0.4 is 5.43 Å². The minimum atomic E-state index is -2.83. The van der Waals surface area contributed by atoms with Gasteiger partial charge in [0.1, 0.15) is 0 Å². The Morgan fingerprint density at radius 2 is 2.19 bits per heavy atom. The molecule has 0 unspecified atom stereocenters. The van der Waals surface area contributed by atoms with Crippen molar-refractivity contribution in [1.82, 2.24) is 4.98 Å². The minimum Gasteiger partial charge on any atom is -0.469 e. The average molecular weight is 231 g/mol. The van der Waals surface area contributed by atoms with Crippen LogP contribution in [0.3, 0.4) is 0 Å². The molecule has 1 aromatic rings. The van der Waals surface area contributed by atoms with Crippen molar-refractivity contribution in [2.75, 3.05) is 7.11 Å². The first-order valence-corrected chi connectivity index (χ1v) is 4.53. The summed E-state index contributed by atoms with van der Waals surface area (Å²) in [5, 5.41) is 0. The Hall–Kier alpha value is -1.72. The van der Waals surface area contributed by atoms with Crippen molar-refractivity contribution in [3.63, 3.8) is 0 Å². The predicted molar refractivity (Wildman–Crippen MR) is 52.5 cm³/mol. The lowest BCUT2D eigenvalue weighted by Crippen LogP contribution is -2.20. The van der Waals surface area contributed by atoms with E-state index in [9.17, 15) is 18.4 Å². The lowest BCUT2D eigenvalue weighted by Gasteiger charge is -2.08. The number of carbonyl (C=O) groups excluding carboxylic acids is 1. The highest BCUT2D eigenvalue weighted by molar-refractivity contribution is 5.72. The van der Waals surface area contributed by atoms with Gasteiger partial charge in [-0.3, -0.25) is 9.59 Å². The molecule has 0 fully saturated rings. The molecule has 0 amide bonds. The van der Waals surface area contributed by atoms with E-state index in [0.717, 1.165) is 7.11 Å². The summed E-state index contributed by atoms with van der Waals surface area (Å²) in [6.07, 6.45) is -2.08. The molecule has 0 atom stereocenters. The van der Waals surface area contributed by atoms with Gasteiger partial charge in [-0.1, -0.05) is 0 Å². The van der Waals surface area contributed by atoms with E-state index in [2.05, 4.69) is 9.72 Å². The summed E-state index contributed by atoms with van der Waals surface area (Å²) in [5.74, 6) is -0.724. The van der Waals surface area contributed by atoms with E-state index in [4.69, 9.17) is 0 Å². The van der Waals surface area contributed by atoms with E-state index in [1.807, 2.05) is 0 Å². The van der Waals surface area contributed by atoms with Crippen LogP contribution in [0.1, 0.15) is 23.2 Å². The Morgan fingerprint density at radius 3 is 2.69 bits per heavy atom. The van der Waals surface area contributed by atoms with E-state index in [-0.39, 0.29) is 11.1 Å². The Bertz CT molecular complexity index is 454. The van der Waals surface area contributed by atoms with Crippen LogP contribution in [0.25, 0.3) is 0 Å². The normalized spacial score (nSPS) is 10.6. The molecule has 16 heavy (non-hydrogen) atoms. The zero-order chi connectivity index (χ0) is 12.3. The molecule has 1 rings (SSSR count). The van der Waals surface area contributed by atoms with E-state index < -0.39 is 29.9 Å². The number of pyridine rings is 1. The van der Waals surface area contributed by atoms with Crippen molar-refractivity contribution in [2.45, 2.75) is 19.8 Å². The van der Waals surface area contributed by atoms with Crippen molar-refractivity contribution in [2.24, 2.45) is 0 Å². The maximum absolute atomic E-state index is 12.6. The molecule has 0 aromatic carbocycles. The maximum Gasteiger partial charge on any atom is 0.310 e. The van der Waals surface area contributed by atoms with Crippen LogP contribution >= 0.6 is 0 Å². The van der Waals surface area contributed by atoms with Crippen molar-refractivity contribution in [3.05, 3.63) is 33.2 Å². The van der Waals surface area contributed by atoms with Gasteiger partial charge in [-0.2, -0.15) is 0 Å². The van der Waals surface area contributed by atoms with Gasteiger partial charge in [-0.05, 0) is 6.92 Å². The van der Waals surface area contributed by atoms with E-state index in [0.29, 0.717) is 0 Å². The first-order valence-electron chi connectivity index (χ1n) is 4.53. The number of rotatable bonds is 3. The number of aryl methyl sites for hydroxylation is 1. The Kier molecular flexibility index (Phi) is 3.76. The van der Waals surface area contributed by atoms with Crippen LogP contribution in [-0.4, -0.2) is 18.1 Å². The third-order valence-electron chi connectivity index (χ3n) is 2.17. The van der Waals surface area contributed by atoms with Gasteiger partial charge in [0, 0.05) is 17.3 Å². The van der Waals surface area contributed by atoms with Crippen LogP contribution in [0.5, 0.6) is 0 Å². The second-order valence-electron chi connectivity index (χ2n) is 3.25. The van der Waals surface area contributed by atoms with Gasteiger partial charge in [-0.15, -0.1) is 0 Å². The highest BCUT2D eigenvalue weighted by Crippen LogP contribution is 2.19. The highest BCUT2D eigenvalue weighted by Gasteiger charge is 2.19. The fourth-order valence-electron chi connectivity index (χ4n) is 1.29. The number of methoxy groups -OCH3 is 1. The molecule has 1 aromatic heterocycles. The summed E-state index contributed by atoms with van der Waals surface area (Å²) < 4.78 is 29.5. The summed E-state index contributed by atoms with van der Waals surface area (Å²) in [4.78, 5) is 24.9. The molecule has 0 aliphatic heterocycles. The van der Waals surface area contributed by atoms with Crippen molar-refractivity contribution in [3.8, 4) is 0 Å². The summed E-state index contributed by atoms with van der Waals surface area (Å²) in [7, 11) is 1.13. The zero-order valence-corrected chi connectivity index (χ0v) is 8.84. The summed E-state index contributed by atoms with van der Waals surface area (Å²) >= 11 is 0. The fraction of sp³-hybridized carbons (Fsp3) is 0.400. The standard InChI is InChI=1S/C10H11F2NO3/c1-5-4-13-8(10(11)12)6(9(5)15)3-7(14)16-2/h4,10H,3H2,1-2H3,(H,13,15). The van der Waals surface area contributed by atoms with Gasteiger partial charge in [0.2, 0.25) is 0 Å². The molecule has 0 saturated heterocycles. The Labute approximate surface area is 90.2 Å². The van der Waals surface area contributed by atoms with E-state index >= 15 is 0 Å². The lowest BCUT2D eigenvalue weighted by molar-refractivity contribution is -0.139. The number of aromatic nitrogens is 1. The third kappa shape index (κ3) is 2.44. The molecule has 1 N–H and O–H groups in total. The first kappa shape index (κ1) is 12.4. The van der Waals surface area contributed by atoms with Crippen LogP contribution in [-0.2, 0) is 16.0 Å². The molecular weight excluding hydrogens is 220 g/mol. The molecule has 0 spiro atoms. The second kappa shape index (κ2) is 4.87. The molecule has 0 bridgehead atoms. The Balaban J connectivity index is 3.26. The number of hydrogen-bond donors (Lipinski definition) is 1. The van der Waals surface area contributed by atoms with Crippen LogP contribution in [0, 0.1) is 6.92 Å². The molecule has 88 valence electrons. The van der Waals surface area contributed by atoms with Gasteiger partial charge in [0.05, 0.1) is 19.2 Å². The van der Waals surface area contributed by atoms with Crippen LogP contribution in [0.4, 0.5) is 8.78 Å². The number of hydrogen-bond acceptors (Lipinski definition) is 3. The number of carbonyl (C=O) groups is 1. The molecule has 0 aliphatic rings. The summed E-state index contributed by atoms with van der Waals surface area (Å²) in [6.45, 7) is 1.48. The summed E-state index contributed by atoms with van der Waals surface area (Å²) in [6, 6.07) is 0. The minimum absolute atomic E-state index is 0.234. The average Bonchev–Trinajstić information content (AvgIpc) is 2.24. The number of alkyl halides is 2. The predicted octanol–water partition coefficient (Wildman–Crippen LogP) is 1.34. The number of esters is 1.